The van der Waals surface area contributed by atoms with Crippen LogP contribution in [-0.4, -0.2) is 20.3 Å². The summed E-state index contributed by atoms with van der Waals surface area (Å²) in [5.74, 6) is 0.466. The predicted molar refractivity (Wildman–Crippen MR) is 52.4 cm³/mol. The summed E-state index contributed by atoms with van der Waals surface area (Å²) in [5.41, 5.74) is 5.60. The van der Waals surface area contributed by atoms with Crippen LogP contribution in [0.4, 0.5) is 0 Å². The van der Waals surface area contributed by atoms with Crippen LogP contribution in [0.25, 0.3) is 0 Å². The molecule has 2 nitrogen and oxygen atoms in total. The summed E-state index contributed by atoms with van der Waals surface area (Å²) in [6, 6.07) is 4.21. The number of rotatable bonds is 5. The standard InChI is InChI=1S/C9H15NOS/c1-11-7-8(6-10)5-9-3-2-4-12-9/h2-4,8H,5-7,10H2,1H3. The van der Waals surface area contributed by atoms with E-state index in [4.69, 9.17) is 10.5 Å². The first-order valence-corrected chi connectivity index (χ1v) is 4.96. The van der Waals surface area contributed by atoms with Crippen molar-refractivity contribution in [3.05, 3.63) is 22.4 Å². The van der Waals surface area contributed by atoms with Crippen LogP contribution < -0.4 is 5.73 Å². The number of nitrogens with two attached hydrogens (primary N) is 1. The van der Waals surface area contributed by atoms with Gasteiger partial charge in [-0.15, -0.1) is 11.3 Å². The number of methoxy groups -OCH3 is 1. The SMILES string of the molecule is COCC(CN)Cc1cccs1. The minimum atomic E-state index is 0.466. The number of hydrogen-bond acceptors (Lipinski definition) is 3. The van der Waals surface area contributed by atoms with Gasteiger partial charge in [-0.1, -0.05) is 6.07 Å². The van der Waals surface area contributed by atoms with Crippen molar-refractivity contribution in [2.45, 2.75) is 6.42 Å². The molecule has 0 saturated carbocycles. The summed E-state index contributed by atoms with van der Waals surface area (Å²) in [7, 11) is 1.72. The summed E-state index contributed by atoms with van der Waals surface area (Å²) >= 11 is 1.78. The Hall–Kier alpha value is -0.380. The fourth-order valence-electron chi connectivity index (χ4n) is 1.16. The van der Waals surface area contributed by atoms with Gasteiger partial charge in [0, 0.05) is 12.0 Å². The summed E-state index contributed by atoms with van der Waals surface area (Å²) in [6.45, 7) is 1.46. The fraction of sp³-hybridized carbons (Fsp3) is 0.556. The van der Waals surface area contributed by atoms with E-state index >= 15 is 0 Å². The topological polar surface area (TPSA) is 35.2 Å². The molecule has 1 aromatic rings. The molecule has 1 rings (SSSR count). The molecule has 1 heterocycles. The maximum atomic E-state index is 5.60. The Balaban J connectivity index is 2.37. The molecule has 0 amide bonds. The van der Waals surface area contributed by atoms with Gasteiger partial charge in [-0.3, -0.25) is 0 Å². The average Bonchev–Trinajstić information content (AvgIpc) is 2.56. The Labute approximate surface area is 77.3 Å². The van der Waals surface area contributed by atoms with Crippen LogP contribution in [-0.2, 0) is 11.2 Å². The lowest BCUT2D eigenvalue weighted by Crippen LogP contribution is -2.21. The maximum Gasteiger partial charge on any atom is 0.0506 e. The Bertz CT molecular complexity index is 198. The minimum Gasteiger partial charge on any atom is -0.384 e. The maximum absolute atomic E-state index is 5.60. The Morgan fingerprint density at radius 3 is 3.00 bits per heavy atom. The first-order chi connectivity index (χ1) is 5.86. The molecule has 0 aromatic carbocycles. The van der Waals surface area contributed by atoms with Crippen LogP contribution in [0.15, 0.2) is 17.5 Å². The van der Waals surface area contributed by atoms with Crippen LogP contribution in [0.2, 0.25) is 0 Å². The second-order valence-corrected chi connectivity index (χ2v) is 3.87. The van der Waals surface area contributed by atoms with Gasteiger partial charge in [-0.25, -0.2) is 0 Å². The van der Waals surface area contributed by atoms with E-state index in [1.54, 1.807) is 18.4 Å². The zero-order chi connectivity index (χ0) is 8.81. The fourth-order valence-corrected chi connectivity index (χ4v) is 1.98. The third-order valence-electron chi connectivity index (χ3n) is 1.81. The highest BCUT2D eigenvalue weighted by molar-refractivity contribution is 7.09. The van der Waals surface area contributed by atoms with Gasteiger partial charge in [0.05, 0.1) is 6.61 Å². The van der Waals surface area contributed by atoms with Gasteiger partial charge in [0.15, 0.2) is 0 Å². The molecule has 0 spiro atoms. The van der Waals surface area contributed by atoms with Crippen molar-refractivity contribution in [2.75, 3.05) is 20.3 Å². The van der Waals surface area contributed by atoms with E-state index < -0.39 is 0 Å². The van der Waals surface area contributed by atoms with Crippen molar-refractivity contribution in [1.82, 2.24) is 0 Å². The van der Waals surface area contributed by atoms with Crippen molar-refractivity contribution in [2.24, 2.45) is 11.7 Å². The Morgan fingerprint density at radius 1 is 1.67 bits per heavy atom. The van der Waals surface area contributed by atoms with E-state index in [2.05, 4.69) is 17.5 Å². The summed E-state index contributed by atoms with van der Waals surface area (Å²) in [6.07, 6.45) is 1.04. The highest BCUT2D eigenvalue weighted by atomic mass is 32.1. The molecule has 1 atom stereocenters. The molecule has 0 saturated heterocycles. The van der Waals surface area contributed by atoms with Crippen LogP contribution >= 0.6 is 11.3 Å². The van der Waals surface area contributed by atoms with Crippen molar-refractivity contribution in [3.63, 3.8) is 0 Å². The lowest BCUT2D eigenvalue weighted by molar-refractivity contribution is 0.155. The van der Waals surface area contributed by atoms with E-state index in [1.165, 1.54) is 4.88 Å². The monoisotopic (exact) mass is 185 g/mol. The van der Waals surface area contributed by atoms with Gasteiger partial charge in [-0.2, -0.15) is 0 Å². The van der Waals surface area contributed by atoms with Crippen LogP contribution in [0.5, 0.6) is 0 Å². The van der Waals surface area contributed by atoms with Gasteiger partial charge >= 0.3 is 0 Å². The highest BCUT2D eigenvalue weighted by Crippen LogP contribution is 2.13. The van der Waals surface area contributed by atoms with E-state index in [0.29, 0.717) is 12.5 Å². The van der Waals surface area contributed by atoms with Gasteiger partial charge < -0.3 is 10.5 Å². The third-order valence-corrected chi connectivity index (χ3v) is 2.70. The number of thiophene rings is 1. The second kappa shape index (κ2) is 5.30. The smallest absolute Gasteiger partial charge is 0.0506 e. The zero-order valence-electron chi connectivity index (χ0n) is 7.32. The molecule has 0 fully saturated rings. The molecule has 12 heavy (non-hydrogen) atoms. The number of hydrogen-bond donors (Lipinski definition) is 1. The van der Waals surface area contributed by atoms with Crippen LogP contribution in [0, 0.1) is 5.92 Å². The molecule has 2 N–H and O–H groups in total. The summed E-state index contributed by atoms with van der Waals surface area (Å²) in [5, 5.41) is 2.09. The molecule has 0 aliphatic heterocycles. The number of ether oxygens (including phenoxy) is 1. The lowest BCUT2D eigenvalue weighted by Gasteiger charge is -2.11. The van der Waals surface area contributed by atoms with E-state index in [-0.39, 0.29) is 0 Å². The van der Waals surface area contributed by atoms with Crippen molar-refractivity contribution < 1.29 is 4.74 Å². The van der Waals surface area contributed by atoms with Crippen LogP contribution in [0.1, 0.15) is 4.88 Å². The lowest BCUT2D eigenvalue weighted by atomic mass is 10.1. The molecular formula is C9H15NOS. The second-order valence-electron chi connectivity index (χ2n) is 2.84. The largest absolute Gasteiger partial charge is 0.384 e. The predicted octanol–water partition coefficient (Wildman–Crippen LogP) is 1.51. The van der Waals surface area contributed by atoms with Gasteiger partial charge in [0.25, 0.3) is 0 Å². The third kappa shape index (κ3) is 2.93. The van der Waals surface area contributed by atoms with Crippen molar-refractivity contribution >= 4 is 11.3 Å². The molecule has 68 valence electrons. The molecule has 0 radical (unpaired) electrons. The zero-order valence-corrected chi connectivity index (χ0v) is 8.14. The first-order valence-electron chi connectivity index (χ1n) is 4.08. The van der Waals surface area contributed by atoms with Crippen molar-refractivity contribution in [1.29, 1.82) is 0 Å². The minimum absolute atomic E-state index is 0.466. The van der Waals surface area contributed by atoms with E-state index in [1.807, 2.05) is 0 Å². The molecule has 1 aromatic heterocycles. The molecular weight excluding hydrogens is 170 g/mol. The van der Waals surface area contributed by atoms with Crippen molar-refractivity contribution in [3.8, 4) is 0 Å². The summed E-state index contributed by atoms with van der Waals surface area (Å²) < 4.78 is 5.07. The molecule has 0 aliphatic rings. The Morgan fingerprint density at radius 2 is 2.50 bits per heavy atom. The normalized spacial score (nSPS) is 13.2. The van der Waals surface area contributed by atoms with Gasteiger partial charge in [0.2, 0.25) is 0 Å². The molecule has 0 bridgehead atoms. The summed E-state index contributed by atoms with van der Waals surface area (Å²) in [4.78, 5) is 1.39. The average molecular weight is 185 g/mol. The first kappa shape index (κ1) is 9.71. The molecule has 1 unspecified atom stereocenters. The van der Waals surface area contributed by atoms with Crippen LogP contribution in [0.3, 0.4) is 0 Å². The quantitative estimate of drug-likeness (QED) is 0.754. The van der Waals surface area contributed by atoms with Gasteiger partial charge in [0.1, 0.15) is 0 Å². The molecule has 0 aliphatic carbocycles. The van der Waals surface area contributed by atoms with E-state index in [9.17, 15) is 0 Å². The van der Waals surface area contributed by atoms with E-state index in [0.717, 1.165) is 13.0 Å². The molecule has 3 heteroatoms. The highest BCUT2D eigenvalue weighted by Gasteiger charge is 2.07. The Kier molecular flexibility index (Phi) is 4.29. The van der Waals surface area contributed by atoms with Gasteiger partial charge in [-0.05, 0) is 30.3 Å².